The molecule has 0 saturated heterocycles. The summed E-state index contributed by atoms with van der Waals surface area (Å²) in [5.74, 6) is 0. The Morgan fingerprint density at radius 3 is 2.74 bits per heavy atom. The molecule has 0 bridgehead atoms. The highest BCUT2D eigenvalue weighted by Gasteiger charge is 2.12. The summed E-state index contributed by atoms with van der Waals surface area (Å²) in [5, 5.41) is 4.80. The maximum Gasteiger partial charge on any atom is 0.0672 e. The number of rotatable bonds is 8. The van der Waals surface area contributed by atoms with E-state index in [0.29, 0.717) is 23.3 Å². The molecule has 0 aromatic heterocycles. The van der Waals surface area contributed by atoms with Gasteiger partial charge in [0.25, 0.3) is 0 Å². The van der Waals surface area contributed by atoms with Crippen molar-refractivity contribution in [3.05, 3.63) is 46.0 Å². The molecule has 0 spiro atoms. The minimum absolute atomic E-state index is 0.221. The molecule has 19 heavy (non-hydrogen) atoms. The van der Waals surface area contributed by atoms with Crippen molar-refractivity contribution in [2.24, 2.45) is 0 Å². The van der Waals surface area contributed by atoms with Crippen molar-refractivity contribution in [2.75, 3.05) is 19.8 Å². The van der Waals surface area contributed by atoms with Crippen LogP contribution >= 0.6 is 23.2 Å². The zero-order valence-electron chi connectivity index (χ0n) is 11.5. The molecule has 0 aliphatic carbocycles. The summed E-state index contributed by atoms with van der Waals surface area (Å²) in [5.41, 5.74) is 2.11. The van der Waals surface area contributed by atoms with Gasteiger partial charge in [0, 0.05) is 22.6 Å². The van der Waals surface area contributed by atoms with E-state index >= 15 is 0 Å². The molecule has 0 aliphatic heterocycles. The van der Waals surface area contributed by atoms with Crippen LogP contribution in [-0.4, -0.2) is 19.8 Å². The van der Waals surface area contributed by atoms with Crippen LogP contribution in [0.4, 0.5) is 0 Å². The molecule has 1 atom stereocenters. The second-order valence-electron chi connectivity index (χ2n) is 4.59. The van der Waals surface area contributed by atoms with Gasteiger partial charge in [-0.25, -0.2) is 0 Å². The van der Waals surface area contributed by atoms with E-state index in [4.69, 9.17) is 27.9 Å². The number of halogens is 2. The lowest BCUT2D eigenvalue weighted by Gasteiger charge is -2.19. The van der Waals surface area contributed by atoms with Crippen molar-refractivity contribution in [2.45, 2.75) is 26.3 Å². The summed E-state index contributed by atoms with van der Waals surface area (Å²) in [6.45, 7) is 9.93. The molecule has 0 radical (unpaired) electrons. The van der Waals surface area contributed by atoms with E-state index in [2.05, 4.69) is 18.8 Å². The molecular formula is C15H21Cl2NO. The first-order valence-corrected chi connectivity index (χ1v) is 7.20. The van der Waals surface area contributed by atoms with Crippen molar-refractivity contribution < 1.29 is 4.74 Å². The van der Waals surface area contributed by atoms with Gasteiger partial charge < -0.3 is 10.1 Å². The van der Waals surface area contributed by atoms with Gasteiger partial charge in [-0.05, 0) is 31.0 Å². The van der Waals surface area contributed by atoms with Crippen LogP contribution in [0, 0.1) is 0 Å². The molecule has 1 aromatic rings. The standard InChI is InChI=1S/C15H21Cl2NO/c1-4-15(18-7-8-19-10-11(2)3)13-6-5-12(16)9-14(13)17/h5-6,9,15,18H,2,4,7-8,10H2,1,3H3. The number of nitrogens with one attached hydrogen (secondary N) is 1. The molecule has 106 valence electrons. The highest BCUT2D eigenvalue weighted by molar-refractivity contribution is 6.35. The Morgan fingerprint density at radius 1 is 1.42 bits per heavy atom. The van der Waals surface area contributed by atoms with E-state index < -0.39 is 0 Å². The predicted octanol–water partition coefficient (Wildman–Crippen LogP) is 4.63. The Hall–Kier alpha value is -0.540. The van der Waals surface area contributed by atoms with Crippen LogP contribution in [0.5, 0.6) is 0 Å². The third kappa shape index (κ3) is 5.96. The quantitative estimate of drug-likeness (QED) is 0.558. The number of hydrogen-bond acceptors (Lipinski definition) is 2. The first-order valence-electron chi connectivity index (χ1n) is 6.45. The van der Waals surface area contributed by atoms with Gasteiger partial charge in [-0.3, -0.25) is 0 Å². The molecule has 0 heterocycles. The fraction of sp³-hybridized carbons (Fsp3) is 0.467. The summed E-state index contributed by atoms with van der Waals surface area (Å²) in [7, 11) is 0. The Kier molecular flexibility index (Phi) is 7.47. The van der Waals surface area contributed by atoms with Crippen molar-refractivity contribution in [1.29, 1.82) is 0 Å². The average molecular weight is 302 g/mol. The molecule has 4 heteroatoms. The van der Waals surface area contributed by atoms with Crippen LogP contribution < -0.4 is 5.32 Å². The predicted molar refractivity (Wildman–Crippen MR) is 83.1 cm³/mol. The molecule has 0 saturated carbocycles. The Labute approximate surface area is 125 Å². The Morgan fingerprint density at radius 2 is 2.16 bits per heavy atom. The summed E-state index contributed by atoms with van der Waals surface area (Å²) in [6, 6.07) is 5.84. The van der Waals surface area contributed by atoms with Gasteiger partial charge in [0.1, 0.15) is 0 Å². The highest BCUT2D eigenvalue weighted by Crippen LogP contribution is 2.27. The number of benzene rings is 1. The van der Waals surface area contributed by atoms with Gasteiger partial charge in [0.15, 0.2) is 0 Å². The van der Waals surface area contributed by atoms with Crippen LogP contribution in [-0.2, 0) is 4.74 Å². The lowest BCUT2D eigenvalue weighted by molar-refractivity contribution is 0.155. The first-order chi connectivity index (χ1) is 9.04. The van der Waals surface area contributed by atoms with Gasteiger partial charge in [0.05, 0.1) is 13.2 Å². The molecule has 1 unspecified atom stereocenters. The SMILES string of the molecule is C=C(C)COCCNC(CC)c1ccc(Cl)cc1Cl. The summed E-state index contributed by atoms with van der Waals surface area (Å²) < 4.78 is 5.46. The Bertz CT molecular complexity index is 421. The fourth-order valence-electron chi connectivity index (χ4n) is 1.81. The van der Waals surface area contributed by atoms with E-state index in [1.54, 1.807) is 6.07 Å². The van der Waals surface area contributed by atoms with E-state index in [-0.39, 0.29) is 6.04 Å². The number of ether oxygens (including phenoxy) is 1. The van der Waals surface area contributed by atoms with Crippen LogP contribution in [0.15, 0.2) is 30.4 Å². The van der Waals surface area contributed by atoms with Gasteiger partial charge in [-0.1, -0.05) is 48.3 Å². The lowest BCUT2D eigenvalue weighted by Crippen LogP contribution is -2.25. The number of hydrogen-bond donors (Lipinski definition) is 1. The van der Waals surface area contributed by atoms with Crippen molar-refractivity contribution in [3.8, 4) is 0 Å². The van der Waals surface area contributed by atoms with Gasteiger partial charge in [-0.15, -0.1) is 0 Å². The molecule has 1 N–H and O–H groups in total. The molecular weight excluding hydrogens is 281 g/mol. The minimum atomic E-state index is 0.221. The second kappa shape index (κ2) is 8.60. The largest absolute Gasteiger partial charge is 0.376 e. The van der Waals surface area contributed by atoms with Gasteiger partial charge in [-0.2, -0.15) is 0 Å². The Balaban J connectivity index is 2.47. The van der Waals surface area contributed by atoms with E-state index in [0.717, 1.165) is 24.1 Å². The van der Waals surface area contributed by atoms with Crippen molar-refractivity contribution in [3.63, 3.8) is 0 Å². The van der Waals surface area contributed by atoms with E-state index in [1.165, 1.54) is 0 Å². The molecule has 2 nitrogen and oxygen atoms in total. The van der Waals surface area contributed by atoms with E-state index in [9.17, 15) is 0 Å². The highest BCUT2D eigenvalue weighted by atomic mass is 35.5. The third-order valence-electron chi connectivity index (χ3n) is 2.73. The lowest BCUT2D eigenvalue weighted by atomic mass is 10.0. The molecule has 0 fully saturated rings. The van der Waals surface area contributed by atoms with Crippen LogP contribution in [0.3, 0.4) is 0 Å². The monoisotopic (exact) mass is 301 g/mol. The summed E-state index contributed by atoms with van der Waals surface area (Å²) in [6.07, 6.45) is 0.960. The molecule has 0 aliphatic rings. The van der Waals surface area contributed by atoms with Crippen molar-refractivity contribution >= 4 is 23.2 Å². The zero-order valence-corrected chi connectivity index (χ0v) is 13.0. The first kappa shape index (κ1) is 16.5. The zero-order chi connectivity index (χ0) is 14.3. The smallest absolute Gasteiger partial charge is 0.0672 e. The molecule has 0 amide bonds. The topological polar surface area (TPSA) is 21.3 Å². The van der Waals surface area contributed by atoms with Crippen LogP contribution in [0.2, 0.25) is 10.0 Å². The fourth-order valence-corrected chi connectivity index (χ4v) is 2.35. The maximum atomic E-state index is 6.22. The van der Waals surface area contributed by atoms with Gasteiger partial charge >= 0.3 is 0 Å². The van der Waals surface area contributed by atoms with Crippen LogP contribution in [0.25, 0.3) is 0 Å². The van der Waals surface area contributed by atoms with Crippen molar-refractivity contribution in [1.82, 2.24) is 5.32 Å². The van der Waals surface area contributed by atoms with Gasteiger partial charge in [0.2, 0.25) is 0 Å². The normalized spacial score (nSPS) is 12.4. The summed E-state index contributed by atoms with van der Waals surface area (Å²) >= 11 is 12.1. The summed E-state index contributed by atoms with van der Waals surface area (Å²) in [4.78, 5) is 0. The third-order valence-corrected chi connectivity index (χ3v) is 3.29. The second-order valence-corrected chi connectivity index (χ2v) is 5.43. The maximum absolute atomic E-state index is 6.22. The van der Waals surface area contributed by atoms with Crippen LogP contribution in [0.1, 0.15) is 31.9 Å². The van der Waals surface area contributed by atoms with E-state index in [1.807, 2.05) is 19.1 Å². The molecule has 1 aromatic carbocycles. The molecule has 1 rings (SSSR count). The minimum Gasteiger partial charge on any atom is -0.376 e. The average Bonchev–Trinajstić information content (AvgIpc) is 2.34.